The molecular weight excluding hydrogens is 433 g/mol. The predicted molar refractivity (Wildman–Crippen MR) is 108 cm³/mol. The van der Waals surface area contributed by atoms with Crippen molar-refractivity contribution in [3.05, 3.63) is 59.7 Å². The quantitative estimate of drug-likeness (QED) is 0.694. The van der Waals surface area contributed by atoms with Gasteiger partial charge in [0.1, 0.15) is 0 Å². The number of carbonyl (C=O) groups excluding carboxylic acids is 2. The number of Topliss-reactive ketones (excluding diaryl/α,β-unsaturated/α-hetero) is 1. The molecule has 0 bridgehead atoms. The molecule has 1 aliphatic heterocycles. The summed E-state index contributed by atoms with van der Waals surface area (Å²) in [7, 11) is -3.82. The molecule has 1 fully saturated rings. The minimum atomic E-state index is -4.51. The Balaban J connectivity index is 1.64. The van der Waals surface area contributed by atoms with Crippen LogP contribution in [0.1, 0.15) is 35.7 Å². The molecule has 31 heavy (non-hydrogen) atoms. The highest BCUT2D eigenvalue weighted by Gasteiger charge is 2.33. The van der Waals surface area contributed by atoms with E-state index in [1.54, 1.807) is 0 Å². The molecule has 0 unspecified atom stereocenters. The minimum Gasteiger partial charge on any atom is -0.326 e. The number of ketones is 1. The highest BCUT2D eigenvalue weighted by Crippen LogP contribution is 2.31. The second-order valence-electron chi connectivity index (χ2n) is 7.33. The standard InChI is InChI=1S/C21H21F3N2O4S/c1-14(27)16-4-2-7-19(12-16)31(29,30)26-10-8-15(9-11-26)20(28)25-18-6-3-5-17(13-18)21(22,23)24/h2-7,12-13,15H,8-11H2,1H3,(H,25,28). The number of nitrogens with zero attached hydrogens (tertiary/aromatic N) is 1. The van der Waals surface area contributed by atoms with Crippen LogP contribution in [0, 0.1) is 5.92 Å². The van der Waals surface area contributed by atoms with Crippen LogP contribution in [-0.2, 0) is 21.0 Å². The lowest BCUT2D eigenvalue weighted by Crippen LogP contribution is -2.41. The van der Waals surface area contributed by atoms with E-state index in [9.17, 15) is 31.2 Å². The number of halogens is 3. The van der Waals surface area contributed by atoms with E-state index in [-0.39, 0.29) is 47.9 Å². The Morgan fingerprint density at radius 3 is 2.29 bits per heavy atom. The van der Waals surface area contributed by atoms with E-state index in [0.717, 1.165) is 12.1 Å². The summed E-state index contributed by atoms with van der Waals surface area (Å²) in [5.74, 6) is -1.22. The van der Waals surface area contributed by atoms with E-state index < -0.39 is 33.6 Å². The molecule has 0 aliphatic carbocycles. The summed E-state index contributed by atoms with van der Waals surface area (Å²) in [6.07, 6.45) is -4.05. The Kier molecular flexibility index (Phi) is 6.51. The third-order valence-electron chi connectivity index (χ3n) is 5.16. The van der Waals surface area contributed by atoms with Crippen molar-refractivity contribution in [1.29, 1.82) is 0 Å². The highest BCUT2D eigenvalue weighted by atomic mass is 32.2. The Hall–Kier alpha value is -2.72. The van der Waals surface area contributed by atoms with Crippen molar-refractivity contribution in [2.75, 3.05) is 18.4 Å². The van der Waals surface area contributed by atoms with Crippen LogP contribution in [-0.4, -0.2) is 37.5 Å². The van der Waals surface area contributed by atoms with Gasteiger partial charge in [0, 0.05) is 30.3 Å². The van der Waals surface area contributed by atoms with Gasteiger partial charge in [-0.2, -0.15) is 17.5 Å². The maximum absolute atomic E-state index is 12.9. The number of anilines is 1. The smallest absolute Gasteiger partial charge is 0.326 e. The fraction of sp³-hybridized carbons (Fsp3) is 0.333. The molecule has 0 spiro atoms. The molecule has 1 aliphatic rings. The summed E-state index contributed by atoms with van der Waals surface area (Å²) < 4.78 is 65.5. The molecule has 1 amide bonds. The van der Waals surface area contributed by atoms with Gasteiger partial charge < -0.3 is 5.32 Å². The van der Waals surface area contributed by atoms with Crippen LogP contribution in [0.25, 0.3) is 0 Å². The average molecular weight is 454 g/mol. The molecule has 0 saturated carbocycles. The molecule has 10 heteroatoms. The second-order valence-corrected chi connectivity index (χ2v) is 9.27. The van der Waals surface area contributed by atoms with Crippen LogP contribution in [0.4, 0.5) is 18.9 Å². The maximum Gasteiger partial charge on any atom is 0.416 e. The average Bonchev–Trinajstić information content (AvgIpc) is 2.73. The highest BCUT2D eigenvalue weighted by molar-refractivity contribution is 7.89. The van der Waals surface area contributed by atoms with Gasteiger partial charge in [-0.25, -0.2) is 8.42 Å². The van der Waals surface area contributed by atoms with Crippen LogP contribution >= 0.6 is 0 Å². The summed E-state index contributed by atoms with van der Waals surface area (Å²) in [5.41, 5.74) is -0.536. The van der Waals surface area contributed by atoms with Gasteiger partial charge in [-0.15, -0.1) is 0 Å². The molecular formula is C21H21F3N2O4S. The molecule has 1 heterocycles. The molecule has 2 aromatic carbocycles. The van der Waals surface area contributed by atoms with Crippen LogP contribution in [0.5, 0.6) is 0 Å². The number of hydrogen-bond donors (Lipinski definition) is 1. The first-order valence-electron chi connectivity index (χ1n) is 9.58. The topological polar surface area (TPSA) is 83.6 Å². The van der Waals surface area contributed by atoms with Crippen LogP contribution in [0.15, 0.2) is 53.4 Å². The van der Waals surface area contributed by atoms with Gasteiger partial charge in [0.25, 0.3) is 0 Å². The Bertz CT molecular complexity index is 1090. The lowest BCUT2D eigenvalue weighted by molar-refractivity contribution is -0.137. The first kappa shape index (κ1) is 23.0. The number of rotatable bonds is 5. The monoisotopic (exact) mass is 454 g/mol. The fourth-order valence-electron chi connectivity index (χ4n) is 3.40. The molecule has 6 nitrogen and oxygen atoms in total. The van der Waals surface area contributed by atoms with Gasteiger partial charge in [0.15, 0.2) is 5.78 Å². The van der Waals surface area contributed by atoms with Gasteiger partial charge in [0.2, 0.25) is 15.9 Å². The first-order chi connectivity index (χ1) is 14.5. The molecule has 2 aromatic rings. The number of piperidine rings is 1. The zero-order valence-corrected chi connectivity index (χ0v) is 17.5. The van der Waals surface area contributed by atoms with E-state index in [0.29, 0.717) is 0 Å². The molecule has 166 valence electrons. The molecule has 0 atom stereocenters. The van der Waals surface area contributed by atoms with E-state index in [1.165, 1.54) is 47.6 Å². The van der Waals surface area contributed by atoms with Crippen LogP contribution in [0.3, 0.4) is 0 Å². The lowest BCUT2D eigenvalue weighted by Gasteiger charge is -2.30. The largest absolute Gasteiger partial charge is 0.416 e. The van der Waals surface area contributed by atoms with Crippen LogP contribution < -0.4 is 5.32 Å². The van der Waals surface area contributed by atoms with E-state index in [4.69, 9.17) is 0 Å². The summed E-state index contributed by atoms with van der Waals surface area (Å²) >= 11 is 0. The Morgan fingerprint density at radius 1 is 1.03 bits per heavy atom. The number of hydrogen-bond acceptors (Lipinski definition) is 4. The second kappa shape index (κ2) is 8.80. The van der Waals surface area contributed by atoms with E-state index in [1.807, 2.05) is 0 Å². The maximum atomic E-state index is 12.9. The number of nitrogens with one attached hydrogen (secondary N) is 1. The van der Waals surface area contributed by atoms with E-state index in [2.05, 4.69) is 5.32 Å². The minimum absolute atomic E-state index is 0.00654. The van der Waals surface area contributed by atoms with Crippen molar-refractivity contribution in [2.45, 2.75) is 30.8 Å². The van der Waals surface area contributed by atoms with Crippen LogP contribution in [0.2, 0.25) is 0 Å². The zero-order chi connectivity index (χ0) is 22.8. The van der Waals surface area contributed by atoms with Gasteiger partial charge in [-0.05, 0) is 50.1 Å². The van der Waals surface area contributed by atoms with Crippen molar-refractivity contribution in [3.8, 4) is 0 Å². The number of amides is 1. The number of alkyl halides is 3. The summed E-state index contributed by atoms with van der Waals surface area (Å²) in [6.45, 7) is 1.53. The number of carbonyl (C=O) groups is 2. The van der Waals surface area contributed by atoms with Gasteiger partial charge in [-0.3, -0.25) is 9.59 Å². The lowest BCUT2D eigenvalue weighted by atomic mass is 9.97. The number of benzene rings is 2. The summed E-state index contributed by atoms with van der Waals surface area (Å²) in [6, 6.07) is 10.1. The molecule has 1 saturated heterocycles. The summed E-state index contributed by atoms with van der Waals surface area (Å²) in [4.78, 5) is 24.0. The molecule has 0 radical (unpaired) electrons. The van der Waals surface area contributed by atoms with Crippen molar-refractivity contribution >= 4 is 27.4 Å². The molecule has 1 N–H and O–H groups in total. The van der Waals surface area contributed by atoms with Crippen molar-refractivity contribution in [1.82, 2.24) is 4.31 Å². The Labute approximate surface area is 178 Å². The third kappa shape index (κ3) is 5.31. The third-order valence-corrected chi connectivity index (χ3v) is 7.06. The normalized spacial score (nSPS) is 16.1. The van der Waals surface area contributed by atoms with Gasteiger partial charge >= 0.3 is 6.18 Å². The Morgan fingerprint density at radius 2 is 1.68 bits per heavy atom. The van der Waals surface area contributed by atoms with Gasteiger partial charge in [0.05, 0.1) is 10.5 Å². The zero-order valence-electron chi connectivity index (χ0n) is 16.6. The molecule has 0 aromatic heterocycles. The summed E-state index contributed by atoms with van der Waals surface area (Å²) in [5, 5.41) is 2.48. The molecule has 3 rings (SSSR count). The first-order valence-corrected chi connectivity index (χ1v) is 11.0. The van der Waals surface area contributed by atoms with E-state index >= 15 is 0 Å². The SMILES string of the molecule is CC(=O)c1cccc(S(=O)(=O)N2CCC(C(=O)Nc3cccc(C(F)(F)F)c3)CC2)c1. The number of sulfonamides is 1. The van der Waals surface area contributed by atoms with Crippen molar-refractivity contribution in [2.24, 2.45) is 5.92 Å². The van der Waals surface area contributed by atoms with Crippen molar-refractivity contribution in [3.63, 3.8) is 0 Å². The van der Waals surface area contributed by atoms with Gasteiger partial charge in [-0.1, -0.05) is 18.2 Å². The van der Waals surface area contributed by atoms with Crippen molar-refractivity contribution < 1.29 is 31.2 Å². The predicted octanol–water partition coefficient (Wildman–Crippen LogP) is 3.95. The fourth-order valence-corrected chi connectivity index (χ4v) is 4.92.